The van der Waals surface area contributed by atoms with E-state index in [0.29, 0.717) is 0 Å². The second-order valence-electron chi connectivity index (χ2n) is 4.17. The van der Waals surface area contributed by atoms with Gasteiger partial charge < -0.3 is 5.32 Å². The molecule has 0 aliphatic heterocycles. The summed E-state index contributed by atoms with van der Waals surface area (Å²) in [6.45, 7) is 0.950. The number of para-hydroxylation sites is 2. The first-order valence-corrected chi connectivity index (χ1v) is 5.80. The van der Waals surface area contributed by atoms with E-state index in [1.807, 2.05) is 24.3 Å². The summed E-state index contributed by atoms with van der Waals surface area (Å²) in [7, 11) is 0. The predicted octanol–water partition coefficient (Wildman–Crippen LogP) is 2.32. The summed E-state index contributed by atoms with van der Waals surface area (Å²) in [4.78, 5) is 0. The Bertz CT molecular complexity index is 515. The quantitative estimate of drug-likeness (QED) is 0.610. The largest absolute Gasteiger partial charge is 0.383 e. The third-order valence-corrected chi connectivity index (χ3v) is 2.71. The van der Waals surface area contributed by atoms with E-state index in [1.54, 1.807) is 12.1 Å². The van der Waals surface area contributed by atoms with Gasteiger partial charge in [-0.15, -0.1) is 0 Å². The number of nitrogens with zero attached hydrogens (tertiary/aromatic N) is 3. The minimum Gasteiger partial charge on any atom is -0.383 e. The summed E-state index contributed by atoms with van der Waals surface area (Å²) in [5.74, 6) is 0.773. The molecule has 0 saturated heterocycles. The van der Waals surface area contributed by atoms with Gasteiger partial charge in [0.25, 0.3) is 0 Å². The topological polar surface area (TPSA) is 84.0 Å². The first kappa shape index (κ1) is 11.9. The molecule has 5 nitrogen and oxygen atoms in total. The predicted molar refractivity (Wildman–Crippen MR) is 69.9 cm³/mol. The molecule has 18 heavy (non-hydrogen) atoms. The lowest BCUT2D eigenvalue weighted by Gasteiger charge is -2.10. The van der Waals surface area contributed by atoms with Crippen LogP contribution in [0.25, 0.3) is 0 Å². The summed E-state index contributed by atoms with van der Waals surface area (Å²) in [6.07, 6.45) is 2.57. The van der Waals surface area contributed by atoms with Crippen molar-refractivity contribution in [2.24, 2.45) is 11.0 Å². The van der Waals surface area contributed by atoms with Gasteiger partial charge in [-0.3, -0.25) is 5.43 Å². The second-order valence-corrected chi connectivity index (χ2v) is 4.17. The fraction of sp³-hybridized carbons (Fsp3) is 0.308. The molecule has 0 amide bonds. The lowest BCUT2D eigenvalue weighted by Crippen LogP contribution is -2.06. The van der Waals surface area contributed by atoms with Gasteiger partial charge in [0.2, 0.25) is 5.71 Å². The van der Waals surface area contributed by atoms with E-state index in [9.17, 15) is 0 Å². The SMILES string of the molecule is N#CC(C#N)=NNc1ccccc1NCC1CC1. The Kier molecular flexibility index (Phi) is 3.78. The van der Waals surface area contributed by atoms with Crippen LogP contribution in [0.15, 0.2) is 29.4 Å². The van der Waals surface area contributed by atoms with Gasteiger partial charge >= 0.3 is 0 Å². The Hall–Kier alpha value is -2.53. The molecule has 1 fully saturated rings. The van der Waals surface area contributed by atoms with Crippen molar-refractivity contribution in [3.8, 4) is 12.1 Å². The summed E-state index contributed by atoms with van der Waals surface area (Å²) < 4.78 is 0. The highest BCUT2D eigenvalue weighted by molar-refractivity contribution is 6.10. The van der Waals surface area contributed by atoms with Crippen molar-refractivity contribution in [2.45, 2.75) is 12.8 Å². The third kappa shape index (κ3) is 3.23. The van der Waals surface area contributed by atoms with Gasteiger partial charge in [-0.25, -0.2) is 0 Å². The minimum absolute atomic E-state index is 0.188. The molecule has 0 heterocycles. The van der Waals surface area contributed by atoms with Gasteiger partial charge in [0.05, 0.1) is 11.4 Å². The summed E-state index contributed by atoms with van der Waals surface area (Å²) in [6, 6.07) is 11.0. The fourth-order valence-electron chi connectivity index (χ4n) is 1.50. The fourth-order valence-corrected chi connectivity index (χ4v) is 1.50. The van der Waals surface area contributed by atoms with Gasteiger partial charge in [0.15, 0.2) is 0 Å². The molecular weight excluding hydrogens is 226 g/mol. The highest BCUT2D eigenvalue weighted by Crippen LogP contribution is 2.30. The summed E-state index contributed by atoms with van der Waals surface area (Å²) in [5.41, 5.74) is 4.25. The monoisotopic (exact) mass is 239 g/mol. The lowest BCUT2D eigenvalue weighted by molar-refractivity contribution is 0.889. The zero-order valence-corrected chi connectivity index (χ0v) is 9.85. The van der Waals surface area contributed by atoms with Crippen molar-refractivity contribution < 1.29 is 0 Å². The number of rotatable bonds is 5. The van der Waals surface area contributed by atoms with Crippen LogP contribution in [0.2, 0.25) is 0 Å². The van der Waals surface area contributed by atoms with Crippen molar-refractivity contribution in [3.63, 3.8) is 0 Å². The van der Waals surface area contributed by atoms with E-state index in [4.69, 9.17) is 10.5 Å². The molecule has 1 saturated carbocycles. The Labute approximate surface area is 106 Å². The van der Waals surface area contributed by atoms with Crippen molar-refractivity contribution in [1.29, 1.82) is 10.5 Å². The first-order valence-electron chi connectivity index (χ1n) is 5.80. The zero-order valence-electron chi connectivity index (χ0n) is 9.85. The number of nitrogens with one attached hydrogen (secondary N) is 2. The molecule has 0 unspecified atom stereocenters. The number of nitriles is 2. The van der Waals surface area contributed by atoms with E-state index in [-0.39, 0.29) is 5.71 Å². The molecule has 0 atom stereocenters. The molecule has 1 aliphatic rings. The zero-order chi connectivity index (χ0) is 12.8. The number of anilines is 2. The van der Waals surface area contributed by atoms with Gasteiger partial charge in [0.1, 0.15) is 12.1 Å². The Morgan fingerprint density at radius 1 is 1.22 bits per heavy atom. The number of hydrogen-bond acceptors (Lipinski definition) is 5. The molecule has 1 aliphatic carbocycles. The van der Waals surface area contributed by atoms with Crippen molar-refractivity contribution in [1.82, 2.24) is 0 Å². The minimum atomic E-state index is -0.188. The van der Waals surface area contributed by atoms with Crippen LogP contribution in [0, 0.1) is 28.6 Å². The van der Waals surface area contributed by atoms with Gasteiger partial charge in [-0.05, 0) is 30.9 Å². The highest BCUT2D eigenvalue weighted by Gasteiger charge is 2.20. The third-order valence-electron chi connectivity index (χ3n) is 2.71. The van der Waals surface area contributed by atoms with E-state index in [1.165, 1.54) is 12.8 Å². The molecule has 0 aromatic heterocycles. The maximum absolute atomic E-state index is 8.60. The van der Waals surface area contributed by atoms with E-state index >= 15 is 0 Å². The van der Waals surface area contributed by atoms with Gasteiger partial charge in [0, 0.05) is 6.54 Å². The van der Waals surface area contributed by atoms with E-state index in [0.717, 1.165) is 23.8 Å². The molecule has 1 aromatic carbocycles. The Morgan fingerprint density at radius 2 is 1.89 bits per heavy atom. The molecule has 0 radical (unpaired) electrons. The highest BCUT2D eigenvalue weighted by atomic mass is 15.3. The number of benzene rings is 1. The summed E-state index contributed by atoms with van der Waals surface area (Å²) in [5, 5.41) is 24.3. The van der Waals surface area contributed by atoms with Crippen molar-refractivity contribution in [3.05, 3.63) is 24.3 Å². The van der Waals surface area contributed by atoms with Gasteiger partial charge in [-0.2, -0.15) is 15.6 Å². The smallest absolute Gasteiger partial charge is 0.237 e. The normalized spacial score (nSPS) is 13.0. The Balaban J connectivity index is 2.04. The van der Waals surface area contributed by atoms with E-state index in [2.05, 4.69) is 15.8 Å². The molecule has 90 valence electrons. The standard InChI is InChI=1S/C13H13N5/c14-7-11(8-15)17-18-13-4-2-1-3-12(13)16-9-10-5-6-10/h1-4,10,16,18H,5-6,9H2. The lowest BCUT2D eigenvalue weighted by atomic mass is 10.2. The van der Waals surface area contributed by atoms with Crippen LogP contribution >= 0.6 is 0 Å². The summed E-state index contributed by atoms with van der Waals surface area (Å²) >= 11 is 0. The molecule has 0 bridgehead atoms. The molecule has 2 N–H and O–H groups in total. The second kappa shape index (κ2) is 5.70. The first-order chi connectivity index (χ1) is 8.83. The van der Waals surface area contributed by atoms with Crippen LogP contribution < -0.4 is 10.7 Å². The van der Waals surface area contributed by atoms with Crippen molar-refractivity contribution in [2.75, 3.05) is 17.3 Å². The van der Waals surface area contributed by atoms with E-state index < -0.39 is 0 Å². The molecule has 0 spiro atoms. The van der Waals surface area contributed by atoms with Crippen LogP contribution in [0.1, 0.15) is 12.8 Å². The van der Waals surface area contributed by atoms with Crippen LogP contribution in [0.3, 0.4) is 0 Å². The van der Waals surface area contributed by atoms with Gasteiger partial charge in [-0.1, -0.05) is 12.1 Å². The van der Waals surface area contributed by atoms with Crippen LogP contribution in [0.5, 0.6) is 0 Å². The Morgan fingerprint density at radius 3 is 2.50 bits per heavy atom. The molecule has 2 rings (SSSR count). The number of hydrogen-bond donors (Lipinski definition) is 2. The van der Waals surface area contributed by atoms with Crippen LogP contribution in [-0.2, 0) is 0 Å². The maximum Gasteiger partial charge on any atom is 0.237 e. The molecule has 5 heteroatoms. The maximum atomic E-state index is 8.60. The average molecular weight is 239 g/mol. The average Bonchev–Trinajstić information content (AvgIpc) is 3.23. The van der Waals surface area contributed by atoms with Crippen molar-refractivity contribution >= 4 is 17.1 Å². The van der Waals surface area contributed by atoms with Crippen LogP contribution in [-0.4, -0.2) is 12.3 Å². The van der Waals surface area contributed by atoms with Crippen LogP contribution in [0.4, 0.5) is 11.4 Å². The molecular formula is C13H13N5. The molecule has 1 aromatic rings. The number of hydrazone groups is 1.